The highest BCUT2D eigenvalue weighted by molar-refractivity contribution is 5.38. The smallest absolute Gasteiger partial charge is 0.218 e. The summed E-state index contributed by atoms with van der Waals surface area (Å²) in [5.41, 5.74) is 0. The normalized spacial score (nSPS) is 18.2. The minimum Gasteiger partial charge on any atom is -0.478 e. The van der Waals surface area contributed by atoms with E-state index in [0.717, 1.165) is 44.1 Å². The molecule has 0 aliphatic carbocycles. The van der Waals surface area contributed by atoms with Gasteiger partial charge in [-0.1, -0.05) is 19.8 Å². The van der Waals surface area contributed by atoms with E-state index in [1.807, 2.05) is 13.0 Å². The first kappa shape index (κ1) is 15.0. The van der Waals surface area contributed by atoms with Gasteiger partial charge in [-0.3, -0.25) is 0 Å². The predicted molar refractivity (Wildman–Crippen MR) is 79.1 cm³/mol. The lowest BCUT2D eigenvalue weighted by Crippen LogP contribution is -2.10. The van der Waals surface area contributed by atoms with Gasteiger partial charge < -0.3 is 14.8 Å². The SMILES string of the molecule is CCCCCNc1cc(OCC)nc(C2CCCO2)n1. The number of rotatable bonds is 8. The largest absolute Gasteiger partial charge is 0.478 e. The lowest BCUT2D eigenvalue weighted by atomic mass is 10.2. The molecule has 1 aromatic heterocycles. The second-order valence-electron chi connectivity index (χ2n) is 5.02. The maximum atomic E-state index is 5.66. The van der Waals surface area contributed by atoms with E-state index in [1.165, 1.54) is 12.8 Å². The number of anilines is 1. The molecule has 20 heavy (non-hydrogen) atoms. The molecular formula is C15H25N3O2. The van der Waals surface area contributed by atoms with Crippen molar-refractivity contribution in [1.82, 2.24) is 9.97 Å². The topological polar surface area (TPSA) is 56.3 Å². The van der Waals surface area contributed by atoms with E-state index in [2.05, 4.69) is 22.2 Å². The lowest BCUT2D eigenvalue weighted by Gasteiger charge is -2.13. The molecule has 1 atom stereocenters. The molecular weight excluding hydrogens is 254 g/mol. The van der Waals surface area contributed by atoms with E-state index >= 15 is 0 Å². The van der Waals surface area contributed by atoms with Gasteiger partial charge in [0.2, 0.25) is 5.88 Å². The summed E-state index contributed by atoms with van der Waals surface area (Å²) in [4.78, 5) is 9.02. The van der Waals surface area contributed by atoms with E-state index in [9.17, 15) is 0 Å². The number of nitrogens with one attached hydrogen (secondary N) is 1. The van der Waals surface area contributed by atoms with Gasteiger partial charge >= 0.3 is 0 Å². The second-order valence-corrected chi connectivity index (χ2v) is 5.02. The van der Waals surface area contributed by atoms with E-state index in [-0.39, 0.29) is 6.10 Å². The Labute approximate surface area is 121 Å². The van der Waals surface area contributed by atoms with Crippen molar-refractivity contribution in [3.63, 3.8) is 0 Å². The third-order valence-electron chi connectivity index (χ3n) is 3.32. The average Bonchev–Trinajstić information content (AvgIpc) is 2.98. The Morgan fingerprint density at radius 3 is 2.95 bits per heavy atom. The highest BCUT2D eigenvalue weighted by atomic mass is 16.5. The third-order valence-corrected chi connectivity index (χ3v) is 3.32. The molecule has 0 aromatic carbocycles. The van der Waals surface area contributed by atoms with Gasteiger partial charge in [0.1, 0.15) is 11.9 Å². The summed E-state index contributed by atoms with van der Waals surface area (Å²) >= 11 is 0. The molecule has 0 spiro atoms. The Morgan fingerprint density at radius 1 is 1.35 bits per heavy atom. The van der Waals surface area contributed by atoms with Crippen LogP contribution in [0.25, 0.3) is 0 Å². The number of unbranched alkanes of at least 4 members (excludes halogenated alkanes) is 2. The molecule has 1 saturated heterocycles. The van der Waals surface area contributed by atoms with Crippen LogP contribution < -0.4 is 10.1 Å². The molecule has 1 unspecified atom stereocenters. The van der Waals surface area contributed by atoms with Crippen LogP contribution in [0.1, 0.15) is 57.9 Å². The first-order chi connectivity index (χ1) is 9.83. The van der Waals surface area contributed by atoms with Gasteiger partial charge in [-0.25, -0.2) is 4.98 Å². The zero-order valence-corrected chi connectivity index (χ0v) is 12.5. The van der Waals surface area contributed by atoms with Gasteiger partial charge in [0.25, 0.3) is 0 Å². The van der Waals surface area contributed by atoms with Gasteiger partial charge in [-0.15, -0.1) is 0 Å². The first-order valence-electron chi connectivity index (χ1n) is 7.70. The number of hydrogen-bond donors (Lipinski definition) is 1. The fourth-order valence-corrected chi connectivity index (χ4v) is 2.27. The molecule has 1 aromatic rings. The van der Waals surface area contributed by atoms with E-state index < -0.39 is 0 Å². The number of ether oxygens (including phenoxy) is 2. The quantitative estimate of drug-likeness (QED) is 0.740. The van der Waals surface area contributed by atoms with Crippen molar-refractivity contribution in [2.24, 2.45) is 0 Å². The van der Waals surface area contributed by atoms with Crippen molar-refractivity contribution in [3.8, 4) is 5.88 Å². The van der Waals surface area contributed by atoms with Crippen LogP contribution >= 0.6 is 0 Å². The zero-order valence-electron chi connectivity index (χ0n) is 12.5. The van der Waals surface area contributed by atoms with Gasteiger partial charge in [0.05, 0.1) is 6.61 Å². The summed E-state index contributed by atoms with van der Waals surface area (Å²) in [7, 11) is 0. The number of nitrogens with zero attached hydrogens (tertiary/aromatic N) is 2. The number of hydrogen-bond acceptors (Lipinski definition) is 5. The summed E-state index contributed by atoms with van der Waals surface area (Å²) in [6, 6.07) is 1.87. The van der Waals surface area contributed by atoms with Crippen LogP contribution in [-0.2, 0) is 4.74 Å². The molecule has 1 N–H and O–H groups in total. The molecule has 5 nitrogen and oxygen atoms in total. The maximum absolute atomic E-state index is 5.66. The molecule has 2 rings (SSSR count). The fraction of sp³-hybridized carbons (Fsp3) is 0.733. The Balaban J connectivity index is 2.04. The minimum atomic E-state index is 0.0200. The van der Waals surface area contributed by atoms with Crippen molar-refractivity contribution in [3.05, 3.63) is 11.9 Å². The third kappa shape index (κ3) is 4.34. The highest BCUT2D eigenvalue weighted by Gasteiger charge is 2.22. The van der Waals surface area contributed by atoms with Crippen LogP contribution in [0.4, 0.5) is 5.82 Å². The van der Waals surface area contributed by atoms with Crippen molar-refractivity contribution in [1.29, 1.82) is 0 Å². The zero-order chi connectivity index (χ0) is 14.2. The van der Waals surface area contributed by atoms with Crippen LogP contribution in [0.15, 0.2) is 6.07 Å². The van der Waals surface area contributed by atoms with Crippen LogP contribution in [-0.4, -0.2) is 29.7 Å². The molecule has 0 radical (unpaired) electrons. The predicted octanol–water partition coefficient (Wildman–Crippen LogP) is 3.33. The molecule has 1 aliphatic rings. The molecule has 0 amide bonds. The monoisotopic (exact) mass is 279 g/mol. The first-order valence-corrected chi connectivity index (χ1v) is 7.70. The molecule has 1 fully saturated rings. The Kier molecular flexibility index (Phi) is 6.05. The maximum Gasteiger partial charge on any atom is 0.218 e. The second kappa shape index (κ2) is 8.04. The minimum absolute atomic E-state index is 0.0200. The fourth-order valence-electron chi connectivity index (χ4n) is 2.27. The standard InChI is InChI=1S/C15H25N3O2/c1-3-5-6-9-16-13-11-14(19-4-2)18-15(17-13)12-8-7-10-20-12/h11-12H,3-10H2,1-2H3,(H,16,17,18). The van der Waals surface area contributed by atoms with E-state index in [4.69, 9.17) is 9.47 Å². The van der Waals surface area contributed by atoms with Crippen molar-refractivity contribution in [2.75, 3.05) is 25.1 Å². The van der Waals surface area contributed by atoms with Crippen LogP contribution in [0.5, 0.6) is 5.88 Å². The van der Waals surface area contributed by atoms with Gasteiger partial charge in [0.15, 0.2) is 5.82 Å². The Morgan fingerprint density at radius 2 is 2.25 bits per heavy atom. The van der Waals surface area contributed by atoms with Gasteiger partial charge in [-0.05, 0) is 26.2 Å². The highest BCUT2D eigenvalue weighted by Crippen LogP contribution is 2.28. The summed E-state index contributed by atoms with van der Waals surface area (Å²) in [5, 5.41) is 3.36. The summed E-state index contributed by atoms with van der Waals surface area (Å²) in [5.74, 6) is 2.21. The molecule has 2 heterocycles. The van der Waals surface area contributed by atoms with Gasteiger partial charge in [0, 0.05) is 19.2 Å². The van der Waals surface area contributed by atoms with Gasteiger partial charge in [-0.2, -0.15) is 4.98 Å². The summed E-state index contributed by atoms with van der Waals surface area (Å²) in [6.45, 7) is 6.50. The van der Waals surface area contributed by atoms with Crippen molar-refractivity contribution >= 4 is 5.82 Å². The van der Waals surface area contributed by atoms with E-state index in [1.54, 1.807) is 0 Å². The van der Waals surface area contributed by atoms with Crippen LogP contribution in [0.2, 0.25) is 0 Å². The molecule has 0 saturated carbocycles. The van der Waals surface area contributed by atoms with Crippen molar-refractivity contribution < 1.29 is 9.47 Å². The van der Waals surface area contributed by atoms with E-state index in [0.29, 0.717) is 12.5 Å². The van der Waals surface area contributed by atoms with Crippen molar-refractivity contribution in [2.45, 2.75) is 52.1 Å². The average molecular weight is 279 g/mol. The Hall–Kier alpha value is -1.36. The number of aromatic nitrogens is 2. The summed E-state index contributed by atoms with van der Waals surface area (Å²) in [6.07, 6.45) is 5.69. The summed E-state index contributed by atoms with van der Waals surface area (Å²) < 4.78 is 11.2. The Bertz CT molecular complexity index is 406. The molecule has 1 aliphatic heterocycles. The molecule has 0 bridgehead atoms. The van der Waals surface area contributed by atoms with Crippen LogP contribution in [0.3, 0.4) is 0 Å². The molecule has 112 valence electrons. The van der Waals surface area contributed by atoms with Crippen LogP contribution in [0, 0.1) is 0 Å². The molecule has 5 heteroatoms. The lowest BCUT2D eigenvalue weighted by molar-refractivity contribution is 0.104.